The summed E-state index contributed by atoms with van der Waals surface area (Å²) >= 11 is 0. The average Bonchev–Trinajstić information content (AvgIpc) is 2.87. The summed E-state index contributed by atoms with van der Waals surface area (Å²) in [6.45, 7) is 5.27. The normalized spacial score (nSPS) is 18.0. The molecule has 0 N–H and O–H groups in total. The van der Waals surface area contributed by atoms with E-state index in [4.69, 9.17) is 4.74 Å². The van der Waals surface area contributed by atoms with E-state index in [1.807, 2.05) is 24.3 Å². The molecule has 0 radical (unpaired) electrons. The molecule has 1 atom stereocenters. The summed E-state index contributed by atoms with van der Waals surface area (Å²) in [4.78, 5) is 28.2. The first kappa shape index (κ1) is 16.3. The number of hydrogen-bond donors (Lipinski definition) is 0. The highest BCUT2D eigenvalue weighted by Gasteiger charge is 2.37. The van der Waals surface area contributed by atoms with E-state index in [1.165, 1.54) is 0 Å². The van der Waals surface area contributed by atoms with Gasteiger partial charge in [0.15, 0.2) is 0 Å². The highest BCUT2D eigenvalue weighted by Crippen LogP contribution is 2.33. The van der Waals surface area contributed by atoms with E-state index in [-0.39, 0.29) is 24.2 Å². The maximum Gasteiger partial charge on any atom is 0.227 e. The molecular formula is C17H24N2O3. The number of anilines is 1. The molecule has 1 aromatic rings. The van der Waals surface area contributed by atoms with Gasteiger partial charge in [0, 0.05) is 26.6 Å². The maximum absolute atomic E-state index is 12.5. The van der Waals surface area contributed by atoms with E-state index in [0.717, 1.165) is 5.69 Å². The van der Waals surface area contributed by atoms with E-state index in [2.05, 4.69) is 13.8 Å². The van der Waals surface area contributed by atoms with Crippen LogP contribution in [0.3, 0.4) is 0 Å². The predicted molar refractivity (Wildman–Crippen MR) is 85.9 cm³/mol. The molecular weight excluding hydrogens is 280 g/mol. The van der Waals surface area contributed by atoms with Crippen LogP contribution in [-0.2, 0) is 9.59 Å². The maximum atomic E-state index is 12.5. The molecule has 1 aliphatic heterocycles. The molecule has 1 fully saturated rings. The fraction of sp³-hybridized carbons (Fsp3) is 0.529. The van der Waals surface area contributed by atoms with Crippen molar-refractivity contribution in [1.82, 2.24) is 4.90 Å². The van der Waals surface area contributed by atoms with Gasteiger partial charge in [0.25, 0.3) is 0 Å². The standard InChI is InChI=1S/C17H24N2O3/c1-12(2)10-18(3)17(21)13-9-16(20)19(11-13)14-7-5-6-8-15(14)22-4/h5-8,12-13H,9-11H2,1-4H3. The number of hydrogen-bond acceptors (Lipinski definition) is 3. The van der Waals surface area contributed by atoms with Gasteiger partial charge in [0.1, 0.15) is 5.75 Å². The molecule has 2 amide bonds. The summed E-state index contributed by atoms with van der Waals surface area (Å²) < 4.78 is 5.31. The second-order valence-electron chi connectivity index (χ2n) is 6.19. The Morgan fingerprint density at radius 2 is 2.09 bits per heavy atom. The largest absolute Gasteiger partial charge is 0.495 e. The van der Waals surface area contributed by atoms with Gasteiger partial charge in [0.05, 0.1) is 18.7 Å². The Balaban J connectivity index is 2.12. The topological polar surface area (TPSA) is 49.9 Å². The minimum absolute atomic E-state index is 0.0270. The highest BCUT2D eigenvalue weighted by atomic mass is 16.5. The molecule has 2 rings (SSSR count). The number of para-hydroxylation sites is 2. The first-order valence-electron chi connectivity index (χ1n) is 7.62. The van der Waals surface area contributed by atoms with Gasteiger partial charge >= 0.3 is 0 Å². The summed E-state index contributed by atoms with van der Waals surface area (Å²) in [5.74, 6) is 0.803. The molecule has 0 aliphatic carbocycles. The fourth-order valence-electron chi connectivity index (χ4n) is 2.91. The SMILES string of the molecule is COc1ccccc1N1CC(C(=O)N(C)CC(C)C)CC1=O. The van der Waals surface area contributed by atoms with Crippen molar-refractivity contribution in [3.05, 3.63) is 24.3 Å². The Morgan fingerprint density at radius 1 is 1.41 bits per heavy atom. The van der Waals surface area contributed by atoms with Crippen molar-refractivity contribution in [2.45, 2.75) is 20.3 Å². The lowest BCUT2D eigenvalue weighted by atomic mass is 10.1. The first-order chi connectivity index (χ1) is 10.4. The second-order valence-corrected chi connectivity index (χ2v) is 6.19. The van der Waals surface area contributed by atoms with Gasteiger partial charge in [-0.1, -0.05) is 26.0 Å². The van der Waals surface area contributed by atoms with Crippen molar-refractivity contribution in [2.24, 2.45) is 11.8 Å². The van der Waals surface area contributed by atoms with E-state index in [1.54, 1.807) is 24.0 Å². The molecule has 1 aliphatic rings. The van der Waals surface area contributed by atoms with E-state index >= 15 is 0 Å². The zero-order valence-corrected chi connectivity index (χ0v) is 13.7. The van der Waals surface area contributed by atoms with Gasteiger partial charge in [0.2, 0.25) is 11.8 Å². The number of amides is 2. The molecule has 1 unspecified atom stereocenters. The molecule has 22 heavy (non-hydrogen) atoms. The lowest BCUT2D eigenvalue weighted by Gasteiger charge is -2.23. The molecule has 1 heterocycles. The van der Waals surface area contributed by atoms with Gasteiger partial charge in [-0.15, -0.1) is 0 Å². The van der Waals surface area contributed by atoms with Gasteiger partial charge in [-0.25, -0.2) is 0 Å². The minimum Gasteiger partial charge on any atom is -0.495 e. The Bertz CT molecular complexity index is 557. The summed E-state index contributed by atoms with van der Waals surface area (Å²) in [7, 11) is 3.39. The number of benzene rings is 1. The smallest absolute Gasteiger partial charge is 0.227 e. The molecule has 1 saturated heterocycles. The van der Waals surface area contributed by atoms with Crippen LogP contribution in [0.25, 0.3) is 0 Å². The third kappa shape index (κ3) is 3.40. The molecule has 5 heteroatoms. The number of carbonyl (C=O) groups excluding carboxylic acids is 2. The van der Waals surface area contributed by atoms with Crippen LogP contribution in [0, 0.1) is 11.8 Å². The fourth-order valence-corrected chi connectivity index (χ4v) is 2.91. The van der Waals surface area contributed by atoms with Crippen LogP contribution in [0.1, 0.15) is 20.3 Å². The van der Waals surface area contributed by atoms with Crippen molar-refractivity contribution >= 4 is 17.5 Å². The van der Waals surface area contributed by atoms with Gasteiger partial charge in [-0.3, -0.25) is 9.59 Å². The molecule has 0 aromatic heterocycles. The van der Waals surface area contributed by atoms with Crippen molar-refractivity contribution in [3.63, 3.8) is 0 Å². The van der Waals surface area contributed by atoms with Crippen molar-refractivity contribution < 1.29 is 14.3 Å². The Hall–Kier alpha value is -2.04. The first-order valence-corrected chi connectivity index (χ1v) is 7.62. The number of methoxy groups -OCH3 is 1. The lowest BCUT2D eigenvalue weighted by molar-refractivity contribution is -0.135. The zero-order valence-electron chi connectivity index (χ0n) is 13.7. The van der Waals surface area contributed by atoms with Crippen molar-refractivity contribution in [2.75, 3.05) is 32.1 Å². The molecule has 5 nitrogen and oxygen atoms in total. The molecule has 0 saturated carbocycles. The third-order valence-corrected chi connectivity index (χ3v) is 3.87. The van der Waals surface area contributed by atoms with Crippen LogP contribution >= 0.6 is 0 Å². The molecule has 120 valence electrons. The number of carbonyl (C=O) groups is 2. The molecule has 0 spiro atoms. The second kappa shape index (κ2) is 6.81. The van der Waals surface area contributed by atoms with Crippen LogP contribution in [0.2, 0.25) is 0 Å². The summed E-state index contributed by atoms with van der Waals surface area (Å²) in [5, 5.41) is 0. The van der Waals surface area contributed by atoms with Crippen LogP contribution in [0.5, 0.6) is 5.75 Å². The number of nitrogens with zero attached hydrogens (tertiary/aromatic N) is 2. The summed E-state index contributed by atoms with van der Waals surface area (Å²) in [6.07, 6.45) is 0.263. The summed E-state index contributed by atoms with van der Waals surface area (Å²) in [5.41, 5.74) is 0.733. The van der Waals surface area contributed by atoms with Crippen LogP contribution in [0.15, 0.2) is 24.3 Å². The van der Waals surface area contributed by atoms with E-state index < -0.39 is 0 Å². The minimum atomic E-state index is -0.277. The third-order valence-electron chi connectivity index (χ3n) is 3.87. The lowest BCUT2D eigenvalue weighted by Crippen LogP contribution is -2.36. The van der Waals surface area contributed by atoms with Gasteiger partial charge in [-0.2, -0.15) is 0 Å². The van der Waals surface area contributed by atoms with Gasteiger partial charge < -0.3 is 14.5 Å². The van der Waals surface area contributed by atoms with Crippen molar-refractivity contribution in [3.8, 4) is 5.75 Å². The molecule has 0 bridgehead atoms. The highest BCUT2D eigenvalue weighted by molar-refractivity contribution is 6.01. The van der Waals surface area contributed by atoms with Gasteiger partial charge in [-0.05, 0) is 18.1 Å². The number of rotatable bonds is 5. The average molecular weight is 304 g/mol. The Kier molecular flexibility index (Phi) is 5.06. The molecule has 1 aromatic carbocycles. The van der Waals surface area contributed by atoms with Crippen LogP contribution < -0.4 is 9.64 Å². The zero-order chi connectivity index (χ0) is 16.3. The Labute approximate surface area is 131 Å². The number of ether oxygens (including phenoxy) is 1. The Morgan fingerprint density at radius 3 is 2.73 bits per heavy atom. The van der Waals surface area contributed by atoms with E-state index in [0.29, 0.717) is 24.8 Å². The quantitative estimate of drug-likeness (QED) is 0.837. The van der Waals surface area contributed by atoms with Crippen molar-refractivity contribution in [1.29, 1.82) is 0 Å². The van der Waals surface area contributed by atoms with Crippen LogP contribution in [0.4, 0.5) is 5.69 Å². The van der Waals surface area contributed by atoms with Crippen LogP contribution in [-0.4, -0.2) is 44.0 Å². The predicted octanol–water partition coefficient (Wildman–Crippen LogP) is 2.16. The van der Waals surface area contributed by atoms with E-state index in [9.17, 15) is 9.59 Å². The summed E-state index contributed by atoms with van der Waals surface area (Å²) in [6, 6.07) is 7.40. The monoisotopic (exact) mass is 304 g/mol.